The number of nitro groups is 2. The Kier molecular flexibility index (Phi) is 5.74. The molecule has 2 aromatic carbocycles. The van der Waals surface area contributed by atoms with Crippen molar-refractivity contribution in [2.24, 2.45) is 5.10 Å². The van der Waals surface area contributed by atoms with Gasteiger partial charge in [0.25, 0.3) is 11.4 Å². The molecular weight excluding hydrogens is 378 g/mol. The Balaban J connectivity index is 1.67. The highest BCUT2D eigenvalue weighted by Crippen LogP contribution is 2.18. The van der Waals surface area contributed by atoms with Gasteiger partial charge in [-0.15, -0.1) is 0 Å². The van der Waals surface area contributed by atoms with Gasteiger partial charge in [-0.2, -0.15) is 5.10 Å². The zero-order chi connectivity index (χ0) is 20.8. The second kappa shape index (κ2) is 8.57. The van der Waals surface area contributed by atoms with E-state index in [1.807, 2.05) is 0 Å². The molecular formula is C19H15N5O5. The SMILES string of the molecule is O=C(Cc1ccccc1[N+](=O)[O-])NN=Cc1cccn1-c1ccc([N+](=O)[O-])cc1. The second-order valence-electron chi connectivity index (χ2n) is 5.93. The molecule has 0 saturated carbocycles. The monoisotopic (exact) mass is 393 g/mol. The number of hydrogen-bond donors (Lipinski definition) is 1. The largest absolute Gasteiger partial charge is 0.316 e. The summed E-state index contributed by atoms with van der Waals surface area (Å²) < 4.78 is 1.74. The third-order valence-electron chi connectivity index (χ3n) is 4.04. The van der Waals surface area contributed by atoms with Gasteiger partial charge in [0.05, 0.1) is 28.2 Å². The van der Waals surface area contributed by atoms with Crippen LogP contribution < -0.4 is 5.43 Å². The molecule has 0 radical (unpaired) electrons. The Morgan fingerprint density at radius 1 is 1.00 bits per heavy atom. The van der Waals surface area contributed by atoms with Crippen LogP contribution in [0.5, 0.6) is 0 Å². The number of benzene rings is 2. The van der Waals surface area contributed by atoms with Crippen LogP contribution in [0.3, 0.4) is 0 Å². The predicted octanol–water partition coefficient (Wildman–Crippen LogP) is 2.99. The molecule has 0 atom stereocenters. The van der Waals surface area contributed by atoms with Crippen molar-refractivity contribution < 1.29 is 14.6 Å². The first kappa shape index (κ1) is 19.4. The van der Waals surface area contributed by atoms with Crippen LogP contribution in [0.15, 0.2) is 72.0 Å². The number of hydrogen-bond acceptors (Lipinski definition) is 6. The Morgan fingerprint density at radius 2 is 1.72 bits per heavy atom. The third kappa shape index (κ3) is 4.69. The molecule has 1 heterocycles. The van der Waals surface area contributed by atoms with Crippen LogP contribution in [-0.2, 0) is 11.2 Å². The number of amides is 1. The third-order valence-corrected chi connectivity index (χ3v) is 4.04. The number of carbonyl (C=O) groups excluding carboxylic acids is 1. The summed E-state index contributed by atoms with van der Waals surface area (Å²) >= 11 is 0. The Bertz CT molecular complexity index is 1090. The van der Waals surface area contributed by atoms with Crippen molar-refractivity contribution in [1.82, 2.24) is 9.99 Å². The van der Waals surface area contributed by atoms with Gasteiger partial charge >= 0.3 is 0 Å². The maximum atomic E-state index is 12.1. The number of para-hydroxylation sites is 1. The number of aromatic nitrogens is 1. The first-order valence-corrected chi connectivity index (χ1v) is 8.42. The van der Waals surface area contributed by atoms with Crippen LogP contribution in [0.2, 0.25) is 0 Å². The van der Waals surface area contributed by atoms with Crippen LogP contribution in [0, 0.1) is 20.2 Å². The van der Waals surface area contributed by atoms with E-state index in [1.165, 1.54) is 36.5 Å². The first-order valence-electron chi connectivity index (χ1n) is 8.42. The average molecular weight is 393 g/mol. The lowest BCUT2D eigenvalue weighted by molar-refractivity contribution is -0.385. The van der Waals surface area contributed by atoms with E-state index in [9.17, 15) is 25.0 Å². The summed E-state index contributed by atoms with van der Waals surface area (Å²) in [7, 11) is 0. The fourth-order valence-corrected chi connectivity index (χ4v) is 2.69. The quantitative estimate of drug-likeness (QED) is 0.374. The molecule has 0 aliphatic rings. The molecule has 3 aromatic rings. The average Bonchev–Trinajstić information content (AvgIpc) is 3.17. The number of carbonyl (C=O) groups is 1. The molecule has 1 amide bonds. The van der Waals surface area contributed by atoms with Crippen LogP contribution >= 0.6 is 0 Å². The molecule has 0 aliphatic heterocycles. The fraction of sp³-hybridized carbons (Fsp3) is 0.0526. The molecule has 1 aromatic heterocycles. The summed E-state index contributed by atoms with van der Waals surface area (Å²) in [5.74, 6) is -0.496. The first-order chi connectivity index (χ1) is 14.0. The molecule has 0 bridgehead atoms. The fourth-order valence-electron chi connectivity index (χ4n) is 2.69. The Morgan fingerprint density at radius 3 is 2.41 bits per heavy atom. The van der Waals surface area contributed by atoms with Crippen molar-refractivity contribution in [3.05, 3.63) is 98.3 Å². The maximum absolute atomic E-state index is 12.1. The van der Waals surface area contributed by atoms with Gasteiger partial charge in [0.2, 0.25) is 5.91 Å². The lowest BCUT2D eigenvalue weighted by atomic mass is 10.1. The van der Waals surface area contributed by atoms with Crippen LogP contribution in [0.25, 0.3) is 5.69 Å². The molecule has 0 spiro atoms. The minimum atomic E-state index is -0.539. The number of nitrogens with zero attached hydrogens (tertiary/aromatic N) is 4. The van der Waals surface area contributed by atoms with E-state index in [4.69, 9.17) is 0 Å². The predicted molar refractivity (Wildman–Crippen MR) is 105 cm³/mol. The second-order valence-corrected chi connectivity index (χ2v) is 5.93. The van der Waals surface area contributed by atoms with E-state index in [0.717, 1.165) is 0 Å². The van der Waals surface area contributed by atoms with Crippen molar-refractivity contribution in [1.29, 1.82) is 0 Å². The van der Waals surface area contributed by atoms with Crippen LogP contribution in [0.1, 0.15) is 11.3 Å². The lowest BCUT2D eigenvalue weighted by Gasteiger charge is -2.06. The van der Waals surface area contributed by atoms with Gasteiger partial charge in [-0.05, 0) is 24.3 Å². The normalized spacial score (nSPS) is 10.8. The highest BCUT2D eigenvalue weighted by Gasteiger charge is 2.15. The van der Waals surface area contributed by atoms with E-state index >= 15 is 0 Å². The van der Waals surface area contributed by atoms with E-state index in [0.29, 0.717) is 16.9 Å². The van der Waals surface area contributed by atoms with Crippen molar-refractivity contribution in [2.45, 2.75) is 6.42 Å². The van der Waals surface area contributed by atoms with Crippen molar-refractivity contribution in [3.8, 4) is 5.69 Å². The van der Waals surface area contributed by atoms with Gasteiger partial charge in [0.15, 0.2) is 0 Å². The molecule has 10 nitrogen and oxygen atoms in total. The molecule has 0 fully saturated rings. The number of nitro benzene ring substituents is 2. The van der Waals surface area contributed by atoms with Gasteiger partial charge in [0, 0.05) is 35.6 Å². The summed E-state index contributed by atoms with van der Waals surface area (Å²) in [5, 5.41) is 25.7. The molecule has 10 heteroatoms. The van der Waals surface area contributed by atoms with Crippen molar-refractivity contribution >= 4 is 23.5 Å². The number of rotatable bonds is 7. The van der Waals surface area contributed by atoms with Crippen molar-refractivity contribution in [2.75, 3.05) is 0 Å². The molecule has 0 aliphatic carbocycles. The van der Waals surface area contributed by atoms with Crippen LogP contribution in [0.4, 0.5) is 11.4 Å². The molecule has 29 heavy (non-hydrogen) atoms. The minimum absolute atomic E-state index is 0.0154. The summed E-state index contributed by atoms with van der Waals surface area (Å²) in [6.45, 7) is 0. The van der Waals surface area contributed by atoms with Gasteiger partial charge in [-0.1, -0.05) is 18.2 Å². The minimum Gasteiger partial charge on any atom is -0.316 e. The van der Waals surface area contributed by atoms with Gasteiger partial charge < -0.3 is 4.57 Å². The van der Waals surface area contributed by atoms with E-state index in [2.05, 4.69) is 10.5 Å². The maximum Gasteiger partial charge on any atom is 0.273 e. The standard InChI is InChI=1S/C19H15N5O5/c25-19(12-14-4-1-2-6-18(14)24(28)29)21-20-13-17-5-3-11-22(17)15-7-9-16(10-8-15)23(26)27/h1-11,13H,12H2,(H,21,25). The molecule has 0 unspecified atom stereocenters. The molecule has 3 rings (SSSR count). The lowest BCUT2D eigenvalue weighted by Crippen LogP contribution is -2.20. The zero-order valence-corrected chi connectivity index (χ0v) is 15.0. The number of non-ortho nitro benzene ring substituents is 1. The van der Waals surface area contributed by atoms with Gasteiger partial charge in [0.1, 0.15) is 0 Å². The van der Waals surface area contributed by atoms with Crippen molar-refractivity contribution in [3.63, 3.8) is 0 Å². The molecule has 1 N–H and O–H groups in total. The highest BCUT2D eigenvalue weighted by molar-refractivity contribution is 5.83. The Labute approximate surface area is 164 Å². The summed E-state index contributed by atoms with van der Waals surface area (Å²) in [6, 6.07) is 15.5. The van der Waals surface area contributed by atoms with Gasteiger partial charge in [-0.25, -0.2) is 5.43 Å². The highest BCUT2D eigenvalue weighted by atomic mass is 16.6. The summed E-state index contributed by atoms with van der Waals surface area (Å²) in [6.07, 6.45) is 2.98. The smallest absolute Gasteiger partial charge is 0.273 e. The van der Waals surface area contributed by atoms with Gasteiger partial charge in [-0.3, -0.25) is 25.0 Å². The molecule has 146 valence electrons. The van der Waals surface area contributed by atoms with E-state index in [-0.39, 0.29) is 17.8 Å². The van der Waals surface area contributed by atoms with E-state index in [1.54, 1.807) is 41.1 Å². The summed E-state index contributed by atoms with van der Waals surface area (Å²) in [5.41, 5.74) is 3.81. The topological polar surface area (TPSA) is 133 Å². The number of hydrazone groups is 1. The van der Waals surface area contributed by atoms with E-state index < -0.39 is 15.8 Å². The zero-order valence-electron chi connectivity index (χ0n) is 15.0. The Hall–Kier alpha value is -4.34. The molecule has 0 saturated heterocycles. The number of nitrogens with one attached hydrogen (secondary N) is 1. The van der Waals surface area contributed by atoms with Crippen LogP contribution in [-0.4, -0.2) is 26.5 Å². The summed E-state index contributed by atoms with van der Waals surface area (Å²) in [4.78, 5) is 32.8.